The van der Waals surface area contributed by atoms with E-state index >= 15 is 0 Å². The van der Waals surface area contributed by atoms with Gasteiger partial charge in [-0.1, -0.05) is 0 Å². The molecule has 0 bridgehead atoms. The monoisotopic (exact) mass is 662 g/mol. The number of aryl methyl sites for hydroxylation is 1. The number of cyclic esters (lactones) is 1. The van der Waals surface area contributed by atoms with Crippen LogP contribution in [-0.4, -0.2) is 36.0 Å². The summed E-state index contributed by atoms with van der Waals surface area (Å²) in [4.78, 5) is 38.6. The number of ether oxygens (including phenoxy) is 3. The number of nitrogens with zero attached hydrogens (tertiary/aromatic N) is 2. The maximum Gasteiger partial charge on any atom is 0.363 e. The third-order valence-corrected chi connectivity index (χ3v) is 5.83. The fourth-order valence-corrected chi connectivity index (χ4v) is 4.95. The fraction of sp³-hybridized carbons (Fsp3) is 0.190. The Hall–Kier alpha value is -2.55. The van der Waals surface area contributed by atoms with Crippen molar-refractivity contribution in [2.24, 2.45) is 4.99 Å². The molecule has 2 aromatic rings. The fourth-order valence-electron chi connectivity index (χ4n) is 2.82. The topological polar surface area (TPSA) is 117 Å². The lowest BCUT2D eigenvalue weighted by atomic mass is 10.1. The van der Waals surface area contributed by atoms with Crippen LogP contribution in [0, 0.1) is 24.2 Å². The lowest BCUT2D eigenvalue weighted by Crippen LogP contribution is -2.15. The van der Waals surface area contributed by atoms with Crippen LogP contribution in [0.25, 0.3) is 6.08 Å². The van der Waals surface area contributed by atoms with Crippen LogP contribution in [0.4, 0.5) is 5.69 Å². The molecule has 11 heteroatoms. The molecule has 0 amide bonds. The summed E-state index contributed by atoms with van der Waals surface area (Å²) in [7, 11) is 0. The number of carbonyl (C=O) groups is 2. The van der Waals surface area contributed by atoms with Crippen LogP contribution in [0.3, 0.4) is 0 Å². The van der Waals surface area contributed by atoms with Gasteiger partial charge in [-0.2, -0.15) is 0 Å². The molecule has 0 fully saturated rings. The highest BCUT2D eigenvalue weighted by Crippen LogP contribution is 2.31. The summed E-state index contributed by atoms with van der Waals surface area (Å²) in [5.41, 5.74) is 1.67. The molecule has 1 heterocycles. The van der Waals surface area contributed by atoms with Crippen LogP contribution in [-0.2, 0) is 19.1 Å². The van der Waals surface area contributed by atoms with E-state index in [1.54, 1.807) is 38.1 Å². The predicted molar refractivity (Wildman–Crippen MR) is 132 cm³/mol. The second-order valence-corrected chi connectivity index (χ2v) is 8.83. The highest BCUT2D eigenvalue weighted by Gasteiger charge is 2.25. The average molecular weight is 662 g/mol. The van der Waals surface area contributed by atoms with E-state index in [2.05, 4.69) is 50.2 Å². The zero-order chi connectivity index (χ0) is 23.4. The number of rotatable bonds is 7. The highest BCUT2D eigenvalue weighted by molar-refractivity contribution is 14.1. The molecule has 0 spiro atoms. The van der Waals surface area contributed by atoms with Gasteiger partial charge in [-0.15, -0.1) is 0 Å². The van der Waals surface area contributed by atoms with Gasteiger partial charge in [-0.3, -0.25) is 10.1 Å². The van der Waals surface area contributed by atoms with Crippen molar-refractivity contribution in [3.8, 4) is 5.75 Å². The molecule has 0 N–H and O–H groups in total. The van der Waals surface area contributed by atoms with Gasteiger partial charge in [0, 0.05) is 17.2 Å². The standard InChI is InChI=1S/C21H16I2N2O7/c1-3-30-18(26)10-31-19-14(22)7-12(8-15(19)23)9-16-21(27)32-20(24-16)13-4-5-17(25(28)29)11(2)6-13/h4-9H,3,10H2,1-2H3/b16-9-. The first kappa shape index (κ1) is 24.1. The molecule has 0 radical (unpaired) electrons. The molecule has 166 valence electrons. The largest absolute Gasteiger partial charge is 0.480 e. The summed E-state index contributed by atoms with van der Waals surface area (Å²) < 4.78 is 17.2. The molecule has 1 aliphatic rings. The van der Waals surface area contributed by atoms with Gasteiger partial charge in [0.05, 0.1) is 18.7 Å². The van der Waals surface area contributed by atoms with E-state index in [9.17, 15) is 19.7 Å². The van der Waals surface area contributed by atoms with Crippen molar-refractivity contribution in [1.29, 1.82) is 0 Å². The molecule has 9 nitrogen and oxygen atoms in total. The predicted octanol–water partition coefficient (Wildman–Crippen LogP) is 4.40. The van der Waals surface area contributed by atoms with Crippen molar-refractivity contribution in [3.63, 3.8) is 0 Å². The van der Waals surface area contributed by atoms with Gasteiger partial charge in [0.15, 0.2) is 12.3 Å². The lowest BCUT2D eigenvalue weighted by molar-refractivity contribution is -0.385. The number of carbonyl (C=O) groups excluding carboxylic acids is 2. The van der Waals surface area contributed by atoms with Gasteiger partial charge >= 0.3 is 11.9 Å². The van der Waals surface area contributed by atoms with Gasteiger partial charge in [-0.25, -0.2) is 14.6 Å². The Kier molecular flexibility index (Phi) is 7.82. The second kappa shape index (κ2) is 10.4. The molecular weight excluding hydrogens is 646 g/mol. The first-order chi connectivity index (χ1) is 15.2. The minimum Gasteiger partial charge on any atom is -0.480 e. The normalized spacial score (nSPS) is 14.2. The zero-order valence-corrected chi connectivity index (χ0v) is 21.2. The number of halogens is 2. The van der Waals surface area contributed by atoms with Crippen molar-refractivity contribution < 1.29 is 28.7 Å². The molecule has 0 aromatic heterocycles. The van der Waals surface area contributed by atoms with Crippen LogP contribution in [0.2, 0.25) is 0 Å². The SMILES string of the molecule is CCOC(=O)COc1c(I)cc(/C=C2\N=C(c3ccc([N+](=O)[O-])c(C)c3)OC2=O)cc1I. The first-order valence-corrected chi connectivity index (χ1v) is 11.4. The average Bonchev–Trinajstić information content (AvgIpc) is 3.07. The van der Waals surface area contributed by atoms with E-state index in [1.807, 2.05) is 0 Å². The molecule has 3 rings (SSSR count). The van der Waals surface area contributed by atoms with E-state index in [0.717, 1.165) is 7.14 Å². The molecule has 0 saturated carbocycles. The van der Waals surface area contributed by atoms with E-state index in [0.29, 0.717) is 22.4 Å². The summed E-state index contributed by atoms with van der Waals surface area (Å²) in [6, 6.07) is 7.96. The maximum absolute atomic E-state index is 12.3. The Bertz CT molecular complexity index is 1150. The summed E-state index contributed by atoms with van der Waals surface area (Å²) >= 11 is 4.16. The molecular formula is C21H16I2N2O7. The number of nitro benzene ring substituents is 1. The number of nitro groups is 1. The molecule has 0 saturated heterocycles. The van der Waals surface area contributed by atoms with Crippen molar-refractivity contribution in [2.45, 2.75) is 13.8 Å². The number of hydrogen-bond donors (Lipinski definition) is 0. The lowest BCUT2D eigenvalue weighted by Gasteiger charge is -2.11. The Labute approximate surface area is 210 Å². The van der Waals surface area contributed by atoms with E-state index in [4.69, 9.17) is 14.2 Å². The third kappa shape index (κ3) is 5.62. The summed E-state index contributed by atoms with van der Waals surface area (Å²) in [6.45, 7) is 3.40. The van der Waals surface area contributed by atoms with Gasteiger partial charge in [0.2, 0.25) is 5.90 Å². The zero-order valence-electron chi connectivity index (χ0n) is 16.9. The third-order valence-electron chi connectivity index (χ3n) is 4.22. The molecule has 0 unspecified atom stereocenters. The smallest absolute Gasteiger partial charge is 0.363 e. The van der Waals surface area contributed by atoms with Gasteiger partial charge in [-0.05, 0) is 94.9 Å². The van der Waals surface area contributed by atoms with E-state index in [1.165, 1.54) is 12.1 Å². The molecule has 1 aliphatic heterocycles. The Balaban J connectivity index is 1.84. The van der Waals surface area contributed by atoms with E-state index < -0.39 is 16.9 Å². The Morgan fingerprint density at radius 2 is 1.94 bits per heavy atom. The minimum absolute atomic E-state index is 0.0242. The van der Waals surface area contributed by atoms with Crippen LogP contribution in [0.5, 0.6) is 5.75 Å². The quantitative estimate of drug-likeness (QED) is 0.142. The van der Waals surface area contributed by atoms with Gasteiger partial charge in [0.1, 0.15) is 5.75 Å². The van der Waals surface area contributed by atoms with Gasteiger partial charge < -0.3 is 14.2 Å². The molecule has 2 aromatic carbocycles. The maximum atomic E-state index is 12.3. The minimum atomic E-state index is -0.622. The highest BCUT2D eigenvalue weighted by atomic mass is 127. The van der Waals surface area contributed by atoms with Crippen molar-refractivity contribution >= 4 is 74.8 Å². The summed E-state index contributed by atoms with van der Waals surface area (Å²) in [6.07, 6.45) is 1.58. The number of hydrogen-bond acceptors (Lipinski definition) is 8. The Morgan fingerprint density at radius 3 is 2.53 bits per heavy atom. The Morgan fingerprint density at radius 1 is 1.25 bits per heavy atom. The van der Waals surface area contributed by atoms with Crippen molar-refractivity contribution in [1.82, 2.24) is 0 Å². The second-order valence-electron chi connectivity index (χ2n) is 6.50. The van der Waals surface area contributed by atoms with Crippen molar-refractivity contribution in [2.75, 3.05) is 13.2 Å². The van der Waals surface area contributed by atoms with Gasteiger partial charge in [0.25, 0.3) is 5.69 Å². The first-order valence-electron chi connectivity index (χ1n) is 9.25. The number of esters is 2. The molecule has 0 atom stereocenters. The van der Waals surface area contributed by atoms with Crippen LogP contribution < -0.4 is 4.74 Å². The van der Waals surface area contributed by atoms with Crippen molar-refractivity contribution in [3.05, 3.63) is 70.0 Å². The molecule has 32 heavy (non-hydrogen) atoms. The summed E-state index contributed by atoms with van der Waals surface area (Å²) in [5, 5.41) is 11.0. The van der Waals surface area contributed by atoms with Crippen LogP contribution >= 0.6 is 45.2 Å². The van der Waals surface area contributed by atoms with Crippen LogP contribution in [0.1, 0.15) is 23.6 Å². The van der Waals surface area contributed by atoms with Crippen LogP contribution in [0.15, 0.2) is 41.0 Å². The number of aliphatic imine (C=N–C) groups is 1. The molecule has 0 aliphatic carbocycles. The summed E-state index contributed by atoms with van der Waals surface area (Å²) in [5.74, 6) is -0.454. The van der Waals surface area contributed by atoms with E-state index in [-0.39, 0.29) is 30.5 Å². The number of benzene rings is 2.